The smallest absolute Gasteiger partial charge is 0.328 e. The van der Waals surface area contributed by atoms with Crippen LogP contribution in [0.5, 0.6) is 0 Å². The lowest BCUT2D eigenvalue weighted by atomic mass is 10.1. The molecule has 29 heavy (non-hydrogen) atoms. The molecule has 1 aromatic rings. The van der Waals surface area contributed by atoms with Gasteiger partial charge >= 0.3 is 6.03 Å². The molecule has 1 aromatic heterocycles. The molecule has 2 atom stereocenters. The SMILES string of the molecule is Cc1ccnc(NC(=O)N2C3=C(C=CC(C(=O)NCC4CC4)N3)N3CC[C@H]2C3)c1. The molecular formula is C21H26N6O2. The molecule has 8 nitrogen and oxygen atoms in total. The summed E-state index contributed by atoms with van der Waals surface area (Å²) in [5, 5.41) is 9.25. The number of hydrogen-bond acceptors (Lipinski definition) is 5. The van der Waals surface area contributed by atoms with E-state index in [9.17, 15) is 9.59 Å². The lowest BCUT2D eigenvalue weighted by Gasteiger charge is -2.40. The third-order valence-electron chi connectivity index (χ3n) is 6.01. The zero-order valence-corrected chi connectivity index (χ0v) is 16.5. The zero-order chi connectivity index (χ0) is 20.0. The van der Waals surface area contributed by atoms with Gasteiger partial charge in [0, 0.05) is 25.8 Å². The summed E-state index contributed by atoms with van der Waals surface area (Å²) in [6, 6.07) is 3.12. The van der Waals surface area contributed by atoms with Gasteiger partial charge in [-0.15, -0.1) is 0 Å². The Morgan fingerprint density at radius 3 is 2.97 bits per heavy atom. The van der Waals surface area contributed by atoms with E-state index >= 15 is 0 Å². The summed E-state index contributed by atoms with van der Waals surface area (Å²) in [4.78, 5) is 34.1. The van der Waals surface area contributed by atoms with Gasteiger partial charge in [-0.25, -0.2) is 9.78 Å². The number of urea groups is 1. The highest BCUT2D eigenvalue weighted by Gasteiger charge is 2.42. The van der Waals surface area contributed by atoms with Gasteiger partial charge in [0.2, 0.25) is 5.91 Å². The number of pyridine rings is 1. The van der Waals surface area contributed by atoms with Crippen LogP contribution in [0.25, 0.3) is 0 Å². The van der Waals surface area contributed by atoms with Gasteiger partial charge in [-0.3, -0.25) is 15.0 Å². The minimum Gasteiger partial charge on any atom is -0.366 e. The molecule has 1 unspecified atom stereocenters. The van der Waals surface area contributed by atoms with Gasteiger partial charge in [-0.2, -0.15) is 0 Å². The van der Waals surface area contributed by atoms with E-state index in [2.05, 4.69) is 25.8 Å². The van der Waals surface area contributed by atoms with Gasteiger partial charge in [0.05, 0.1) is 11.7 Å². The summed E-state index contributed by atoms with van der Waals surface area (Å²) in [6.45, 7) is 4.40. The molecule has 3 amide bonds. The maximum absolute atomic E-state index is 13.2. The number of carbonyl (C=O) groups is 2. The minimum atomic E-state index is -0.474. The summed E-state index contributed by atoms with van der Waals surface area (Å²) in [5.74, 6) is 1.82. The molecule has 4 aliphatic rings. The number of hydrogen-bond donors (Lipinski definition) is 3. The third kappa shape index (κ3) is 3.54. The first-order valence-electron chi connectivity index (χ1n) is 10.3. The van der Waals surface area contributed by atoms with Crippen LogP contribution in [-0.4, -0.2) is 58.4 Å². The Morgan fingerprint density at radius 2 is 2.17 bits per heavy atom. The molecule has 5 rings (SSSR count). The maximum Gasteiger partial charge on any atom is 0.328 e. The Bertz CT molecular complexity index is 906. The number of carbonyl (C=O) groups excluding carboxylic acids is 2. The van der Waals surface area contributed by atoms with Crippen LogP contribution in [-0.2, 0) is 4.79 Å². The molecule has 8 heteroatoms. The number of fused-ring (bicyclic) bond motifs is 3. The highest BCUT2D eigenvalue weighted by Crippen LogP contribution is 2.33. The van der Waals surface area contributed by atoms with Gasteiger partial charge in [-0.05, 0) is 55.9 Å². The number of dihydropyridines is 1. The van der Waals surface area contributed by atoms with E-state index in [0.29, 0.717) is 17.6 Å². The molecule has 152 valence electrons. The zero-order valence-electron chi connectivity index (χ0n) is 16.5. The Hall–Kier alpha value is -3.03. The normalized spacial score (nSPS) is 24.9. The van der Waals surface area contributed by atoms with Crippen molar-refractivity contribution in [3.05, 3.63) is 47.6 Å². The van der Waals surface area contributed by atoms with E-state index in [-0.39, 0.29) is 18.0 Å². The van der Waals surface area contributed by atoms with Crippen molar-refractivity contribution < 1.29 is 9.59 Å². The summed E-state index contributed by atoms with van der Waals surface area (Å²) in [7, 11) is 0. The van der Waals surface area contributed by atoms with E-state index in [1.807, 2.05) is 31.2 Å². The summed E-state index contributed by atoms with van der Waals surface area (Å²) in [5.41, 5.74) is 2.00. The van der Waals surface area contributed by atoms with Crippen LogP contribution in [0.1, 0.15) is 24.8 Å². The monoisotopic (exact) mass is 394 g/mol. The van der Waals surface area contributed by atoms with Crippen LogP contribution in [0.2, 0.25) is 0 Å². The molecule has 1 aliphatic carbocycles. The van der Waals surface area contributed by atoms with E-state index in [0.717, 1.165) is 37.3 Å². The molecule has 3 aliphatic heterocycles. The summed E-state index contributed by atoms with van der Waals surface area (Å²) >= 11 is 0. The standard InChI is InChI=1S/C21H26N6O2/c1-13-6-8-22-18(10-13)25-21(29)27-15-7-9-26(12-15)17-5-4-16(24-19(17)27)20(28)23-11-14-2-3-14/h4-6,8,10,14-16,24H,2-3,7,9,11-12H2,1H3,(H,23,28)(H,22,25,29)/t15-,16?/m0/s1. The van der Waals surface area contributed by atoms with Gasteiger partial charge in [0.1, 0.15) is 17.7 Å². The van der Waals surface area contributed by atoms with Crippen LogP contribution in [0.3, 0.4) is 0 Å². The van der Waals surface area contributed by atoms with Crippen molar-refractivity contribution in [2.45, 2.75) is 38.3 Å². The number of nitrogens with one attached hydrogen (secondary N) is 3. The number of anilines is 1. The van der Waals surface area contributed by atoms with Crippen molar-refractivity contribution in [2.24, 2.45) is 5.92 Å². The van der Waals surface area contributed by atoms with Gasteiger partial charge in [-0.1, -0.05) is 6.08 Å². The molecule has 0 spiro atoms. The largest absolute Gasteiger partial charge is 0.366 e. The van der Waals surface area contributed by atoms with E-state index in [1.54, 1.807) is 11.1 Å². The minimum absolute atomic E-state index is 0.0478. The van der Waals surface area contributed by atoms with E-state index < -0.39 is 6.04 Å². The van der Waals surface area contributed by atoms with E-state index in [4.69, 9.17) is 0 Å². The van der Waals surface area contributed by atoms with Crippen molar-refractivity contribution in [3.8, 4) is 0 Å². The van der Waals surface area contributed by atoms with Crippen LogP contribution in [0.4, 0.5) is 10.6 Å². The Labute approximate surface area is 170 Å². The lowest BCUT2D eigenvalue weighted by Crippen LogP contribution is -2.56. The quantitative estimate of drug-likeness (QED) is 0.721. The summed E-state index contributed by atoms with van der Waals surface area (Å²) in [6.07, 6.45) is 8.83. The van der Waals surface area contributed by atoms with E-state index in [1.165, 1.54) is 12.8 Å². The lowest BCUT2D eigenvalue weighted by molar-refractivity contribution is -0.122. The molecule has 2 fully saturated rings. The van der Waals surface area contributed by atoms with Crippen LogP contribution in [0.15, 0.2) is 42.0 Å². The first-order valence-corrected chi connectivity index (χ1v) is 10.3. The molecule has 3 N–H and O–H groups in total. The fraction of sp³-hybridized carbons (Fsp3) is 0.476. The van der Waals surface area contributed by atoms with Crippen LogP contribution in [0, 0.1) is 12.8 Å². The Balaban J connectivity index is 1.35. The molecule has 2 bridgehead atoms. The Kier molecular flexibility index (Phi) is 4.41. The predicted molar refractivity (Wildman–Crippen MR) is 109 cm³/mol. The first kappa shape index (κ1) is 18.0. The second-order valence-electron chi connectivity index (χ2n) is 8.31. The predicted octanol–water partition coefficient (Wildman–Crippen LogP) is 1.54. The van der Waals surface area contributed by atoms with Crippen molar-refractivity contribution >= 4 is 17.8 Å². The van der Waals surface area contributed by atoms with Crippen molar-refractivity contribution in [2.75, 3.05) is 25.0 Å². The molecule has 0 aromatic carbocycles. The molecule has 0 radical (unpaired) electrons. The third-order valence-corrected chi connectivity index (χ3v) is 6.01. The Morgan fingerprint density at radius 1 is 1.31 bits per heavy atom. The highest BCUT2D eigenvalue weighted by atomic mass is 16.2. The van der Waals surface area contributed by atoms with Gasteiger partial charge < -0.3 is 15.5 Å². The number of amides is 3. The van der Waals surface area contributed by atoms with Gasteiger partial charge in [0.15, 0.2) is 0 Å². The second kappa shape index (κ2) is 7.09. The average molecular weight is 394 g/mol. The van der Waals surface area contributed by atoms with Crippen molar-refractivity contribution in [3.63, 3.8) is 0 Å². The first-order chi connectivity index (χ1) is 14.1. The molecule has 1 saturated heterocycles. The number of aryl methyl sites for hydroxylation is 1. The van der Waals surface area contributed by atoms with Gasteiger partial charge in [0.25, 0.3) is 0 Å². The number of nitrogens with zero attached hydrogens (tertiary/aromatic N) is 3. The molecular weight excluding hydrogens is 368 g/mol. The average Bonchev–Trinajstić information content (AvgIpc) is 3.45. The molecule has 1 saturated carbocycles. The highest BCUT2D eigenvalue weighted by molar-refractivity contribution is 5.91. The van der Waals surface area contributed by atoms with Crippen molar-refractivity contribution in [1.29, 1.82) is 0 Å². The number of rotatable bonds is 4. The van der Waals surface area contributed by atoms with Crippen LogP contribution >= 0.6 is 0 Å². The fourth-order valence-corrected chi connectivity index (χ4v) is 4.21. The van der Waals surface area contributed by atoms with Crippen molar-refractivity contribution in [1.82, 2.24) is 25.4 Å². The number of allylic oxidation sites excluding steroid dienone is 1. The number of aromatic nitrogens is 1. The topological polar surface area (TPSA) is 89.6 Å². The second-order valence-corrected chi connectivity index (χ2v) is 8.31. The maximum atomic E-state index is 13.2. The fourth-order valence-electron chi connectivity index (χ4n) is 4.21. The molecule has 4 heterocycles. The summed E-state index contributed by atoms with van der Waals surface area (Å²) < 4.78 is 0. The van der Waals surface area contributed by atoms with Crippen LogP contribution < -0.4 is 16.0 Å².